The Labute approximate surface area is 164 Å². The number of carbonyl (C=O) groups is 1. The van der Waals surface area contributed by atoms with E-state index in [1.807, 2.05) is 17.5 Å². The molecule has 0 radical (unpaired) electrons. The number of hydrogen-bond acceptors (Lipinski definition) is 3. The van der Waals surface area contributed by atoms with Crippen molar-refractivity contribution in [2.45, 2.75) is 58.5 Å². The van der Waals surface area contributed by atoms with Crippen LogP contribution < -0.4 is 5.32 Å². The van der Waals surface area contributed by atoms with Gasteiger partial charge in [0.25, 0.3) is 0 Å². The normalized spacial score (nSPS) is 22.9. The molecule has 0 aliphatic heterocycles. The predicted octanol–water partition coefficient (Wildman–Crippen LogP) is 7.10. The molecule has 0 saturated heterocycles. The van der Waals surface area contributed by atoms with E-state index in [0.717, 1.165) is 30.6 Å². The summed E-state index contributed by atoms with van der Waals surface area (Å²) in [7, 11) is 0. The van der Waals surface area contributed by atoms with Crippen molar-refractivity contribution in [3.8, 4) is 10.4 Å². The Kier molecular flexibility index (Phi) is 6.89. The zero-order valence-electron chi connectivity index (χ0n) is 16.0. The number of carbonyl (C=O) groups excluding carboxylic acids is 1. The number of nitrogens with one attached hydrogen (secondary N) is 1. The maximum absolute atomic E-state index is 13.7. The predicted molar refractivity (Wildman–Crippen MR) is 110 cm³/mol. The lowest BCUT2D eigenvalue weighted by Gasteiger charge is -2.21. The van der Waals surface area contributed by atoms with Crippen LogP contribution in [0.5, 0.6) is 0 Å². The van der Waals surface area contributed by atoms with Gasteiger partial charge in [-0.1, -0.05) is 45.6 Å². The molecule has 5 heteroatoms. The van der Waals surface area contributed by atoms with Crippen LogP contribution in [0, 0.1) is 17.7 Å². The summed E-state index contributed by atoms with van der Waals surface area (Å²) >= 11 is 1.51. The second kappa shape index (κ2) is 9.36. The minimum Gasteiger partial charge on any atom is -0.446 e. The van der Waals surface area contributed by atoms with Gasteiger partial charge in [0.05, 0.1) is 5.69 Å². The molecule has 0 unspecified atom stereocenters. The highest BCUT2D eigenvalue weighted by atomic mass is 32.1. The van der Waals surface area contributed by atoms with E-state index >= 15 is 0 Å². The topological polar surface area (TPSA) is 38.3 Å². The van der Waals surface area contributed by atoms with Gasteiger partial charge < -0.3 is 4.74 Å². The van der Waals surface area contributed by atoms with Crippen LogP contribution in [0.2, 0.25) is 0 Å². The smallest absolute Gasteiger partial charge is 0.411 e. The minimum absolute atomic E-state index is 0.0481. The maximum atomic E-state index is 13.7. The molecule has 1 aromatic heterocycles. The van der Waals surface area contributed by atoms with Crippen LogP contribution in [-0.2, 0) is 4.74 Å². The number of thiophene rings is 1. The van der Waals surface area contributed by atoms with Gasteiger partial charge in [0.15, 0.2) is 0 Å². The molecular weight excluding hydrogens is 361 g/mol. The molecule has 1 N–H and O–H groups in total. The third-order valence-corrected chi connectivity index (χ3v) is 6.51. The molecule has 3 nitrogen and oxygen atoms in total. The van der Waals surface area contributed by atoms with Gasteiger partial charge in [-0.15, -0.1) is 11.3 Å². The summed E-state index contributed by atoms with van der Waals surface area (Å²) in [5.41, 5.74) is 1.26. The quantitative estimate of drug-likeness (QED) is 0.554. The summed E-state index contributed by atoms with van der Waals surface area (Å²) in [6.45, 7) is 4.42. The zero-order chi connectivity index (χ0) is 19.2. The largest absolute Gasteiger partial charge is 0.446 e. The van der Waals surface area contributed by atoms with Gasteiger partial charge in [-0.05, 0) is 54.3 Å². The number of hydrogen-bond donors (Lipinski definition) is 1. The Hall–Kier alpha value is -1.88. The lowest BCUT2D eigenvalue weighted by Crippen LogP contribution is -2.25. The first kappa shape index (κ1) is 19.9. The summed E-state index contributed by atoms with van der Waals surface area (Å²) in [5, 5.41) is 4.77. The van der Waals surface area contributed by atoms with E-state index in [4.69, 9.17) is 4.74 Å². The Morgan fingerprint density at radius 3 is 2.48 bits per heavy atom. The maximum Gasteiger partial charge on any atom is 0.411 e. The van der Waals surface area contributed by atoms with Gasteiger partial charge in [0.2, 0.25) is 0 Å². The third kappa shape index (κ3) is 5.32. The molecule has 1 heterocycles. The molecule has 1 fully saturated rings. The molecule has 27 heavy (non-hydrogen) atoms. The van der Waals surface area contributed by atoms with Gasteiger partial charge in [-0.3, -0.25) is 5.32 Å². The van der Waals surface area contributed by atoms with E-state index in [1.165, 1.54) is 36.3 Å². The van der Waals surface area contributed by atoms with Crippen LogP contribution in [0.15, 0.2) is 35.7 Å². The lowest BCUT2D eigenvalue weighted by atomic mass is 9.95. The van der Waals surface area contributed by atoms with Crippen molar-refractivity contribution in [2.75, 3.05) is 5.32 Å². The SMILES string of the molecule is CC[C@@H]1CC[C@H](CC)C[C@@H](OC(=O)Nc2ccc(F)cc2-c2cccs2)C1. The average molecular weight is 390 g/mol. The minimum atomic E-state index is -0.448. The summed E-state index contributed by atoms with van der Waals surface area (Å²) in [5.74, 6) is 0.913. The van der Waals surface area contributed by atoms with Gasteiger partial charge in [0.1, 0.15) is 11.9 Å². The van der Waals surface area contributed by atoms with E-state index in [9.17, 15) is 9.18 Å². The molecule has 1 aliphatic carbocycles. The van der Waals surface area contributed by atoms with Crippen molar-refractivity contribution < 1.29 is 13.9 Å². The average Bonchev–Trinajstić information content (AvgIpc) is 3.11. The Balaban J connectivity index is 1.70. The molecule has 1 aromatic carbocycles. The number of amides is 1. The fourth-order valence-corrected chi connectivity index (χ4v) is 4.69. The van der Waals surface area contributed by atoms with Crippen molar-refractivity contribution in [1.29, 1.82) is 0 Å². The molecule has 1 aliphatic rings. The van der Waals surface area contributed by atoms with Crippen molar-refractivity contribution in [3.05, 3.63) is 41.5 Å². The van der Waals surface area contributed by atoms with Crippen LogP contribution >= 0.6 is 11.3 Å². The molecular formula is C22H28FNO2S. The van der Waals surface area contributed by atoms with Gasteiger partial charge in [0, 0.05) is 10.4 Å². The Morgan fingerprint density at radius 1 is 1.19 bits per heavy atom. The number of halogens is 1. The first-order valence-corrected chi connectivity index (χ1v) is 10.8. The molecule has 1 saturated carbocycles. The second-order valence-corrected chi connectivity index (χ2v) is 8.36. The van der Waals surface area contributed by atoms with Crippen molar-refractivity contribution in [2.24, 2.45) is 11.8 Å². The van der Waals surface area contributed by atoms with Crippen LogP contribution in [0.4, 0.5) is 14.9 Å². The Morgan fingerprint density at radius 2 is 1.89 bits per heavy atom. The van der Waals surface area contributed by atoms with Crippen LogP contribution in [-0.4, -0.2) is 12.2 Å². The van der Waals surface area contributed by atoms with E-state index in [-0.39, 0.29) is 11.9 Å². The molecule has 3 rings (SSSR count). The van der Waals surface area contributed by atoms with Gasteiger partial charge in [-0.25, -0.2) is 9.18 Å². The molecule has 0 spiro atoms. The van der Waals surface area contributed by atoms with Crippen molar-refractivity contribution >= 4 is 23.1 Å². The number of anilines is 1. The first-order valence-electron chi connectivity index (χ1n) is 9.90. The summed E-state index contributed by atoms with van der Waals surface area (Å²) in [6, 6.07) is 8.24. The van der Waals surface area contributed by atoms with E-state index in [1.54, 1.807) is 6.07 Å². The van der Waals surface area contributed by atoms with Gasteiger partial charge >= 0.3 is 6.09 Å². The first-order chi connectivity index (χ1) is 13.1. The molecule has 3 atom stereocenters. The molecule has 2 aromatic rings. The van der Waals surface area contributed by atoms with E-state index in [0.29, 0.717) is 23.1 Å². The fourth-order valence-electron chi connectivity index (χ4n) is 3.94. The van der Waals surface area contributed by atoms with Crippen LogP contribution in [0.1, 0.15) is 52.4 Å². The van der Waals surface area contributed by atoms with Gasteiger partial charge in [-0.2, -0.15) is 0 Å². The highest BCUT2D eigenvalue weighted by Gasteiger charge is 2.27. The molecule has 146 valence electrons. The summed E-state index contributed by atoms with van der Waals surface area (Å²) in [4.78, 5) is 13.5. The highest BCUT2D eigenvalue weighted by Crippen LogP contribution is 2.34. The molecule has 0 bridgehead atoms. The molecule has 1 amide bonds. The summed E-state index contributed by atoms with van der Waals surface area (Å²) < 4.78 is 19.5. The highest BCUT2D eigenvalue weighted by molar-refractivity contribution is 7.13. The lowest BCUT2D eigenvalue weighted by molar-refractivity contribution is 0.0852. The number of benzene rings is 1. The second-order valence-electron chi connectivity index (χ2n) is 7.42. The van der Waals surface area contributed by atoms with E-state index in [2.05, 4.69) is 19.2 Å². The van der Waals surface area contributed by atoms with Crippen molar-refractivity contribution in [3.63, 3.8) is 0 Å². The third-order valence-electron chi connectivity index (χ3n) is 5.61. The Bertz CT molecular complexity index is 733. The monoisotopic (exact) mass is 389 g/mol. The van der Waals surface area contributed by atoms with Crippen LogP contribution in [0.3, 0.4) is 0 Å². The standard InChI is InChI=1S/C22H28FNO2S/c1-3-15-7-8-16(4-2)13-18(12-15)26-22(25)24-20-10-9-17(23)14-19(20)21-6-5-11-27-21/h5-6,9-11,14-16,18H,3-4,7-8,12-13H2,1-2H3,(H,24,25)/t15-,16+,18+. The number of ether oxygens (including phenoxy) is 1. The zero-order valence-corrected chi connectivity index (χ0v) is 16.9. The summed E-state index contributed by atoms with van der Waals surface area (Å²) in [6.07, 6.45) is 6.05. The fraction of sp³-hybridized carbons (Fsp3) is 0.500. The number of rotatable bonds is 5. The van der Waals surface area contributed by atoms with Crippen molar-refractivity contribution in [1.82, 2.24) is 0 Å². The van der Waals surface area contributed by atoms with E-state index < -0.39 is 6.09 Å². The van der Waals surface area contributed by atoms with Crippen LogP contribution in [0.25, 0.3) is 10.4 Å².